The predicted molar refractivity (Wildman–Crippen MR) is 127 cm³/mol. The summed E-state index contributed by atoms with van der Waals surface area (Å²) in [4.78, 5) is 42.1. The lowest BCUT2D eigenvalue weighted by atomic mass is 9.85. The molecule has 0 aromatic heterocycles. The van der Waals surface area contributed by atoms with Crippen LogP contribution < -0.4 is 10.6 Å². The summed E-state index contributed by atoms with van der Waals surface area (Å²) >= 11 is 0. The highest BCUT2D eigenvalue weighted by molar-refractivity contribution is 5.90. The second kappa shape index (κ2) is 11.5. The zero-order chi connectivity index (χ0) is 23.9. The Balaban J connectivity index is 2.10. The van der Waals surface area contributed by atoms with E-state index in [9.17, 15) is 14.4 Å². The highest BCUT2D eigenvalue weighted by atomic mass is 16.2. The lowest BCUT2D eigenvalue weighted by Crippen LogP contribution is -2.59. The number of rotatable bonds is 9. The molecular weight excluding hydrogens is 404 g/mol. The zero-order valence-corrected chi connectivity index (χ0v) is 20.5. The molecular formula is C25H40N4O3. The average Bonchev–Trinajstić information content (AvgIpc) is 3.21. The van der Waals surface area contributed by atoms with Crippen molar-refractivity contribution in [2.24, 2.45) is 5.41 Å². The number of nitrogens with one attached hydrogen (secondary N) is 2. The molecule has 1 saturated heterocycles. The maximum Gasteiger partial charge on any atom is 0.246 e. The van der Waals surface area contributed by atoms with Crippen molar-refractivity contribution < 1.29 is 14.4 Å². The van der Waals surface area contributed by atoms with Crippen LogP contribution in [0.3, 0.4) is 0 Å². The summed E-state index contributed by atoms with van der Waals surface area (Å²) in [6.07, 6.45) is 2.54. The third-order valence-electron chi connectivity index (χ3n) is 6.28. The van der Waals surface area contributed by atoms with Gasteiger partial charge in [0.15, 0.2) is 0 Å². The minimum Gasteiger partial charge on any atom is -0.342 e. The quantitative estimate of drug-likeness (QED) is 0.612. The van der Waals surface area contributed by atoms with E-state index in [4.69, 9.17) is 0 Å². The second-order valence-electron chi connectivity index (χ2n) is 9.85. The fourth-order valence-corrected chi connectivity index (χ4v) is 4.07. The Bertz CT molecular complexity index is 775. The smallest absolute Gasteiger partial charge is 0.246 e. The van der Waals surface area contributed by atoms with Gasteiger partial charge in [-0.1, -0.05) is 51.1 Å². The van der Waals surface area contributed by atoms with Crippen LogP contribution in [0.5, 0.6) is 0 Å². The molecule has 3 atom stereocenters. The number of carbonyl (C=O) groups is 3. The van der Waals surface area contributed by atoms with Crippen molar-refractivity contribution in [3.05, 3.63) is 35.9 Å². The lowest BCUT2D eigenvalue weighted by Gasteiger charge is -2.37. The highest BCUT2D eigenvalue weighted by Crippen LogP contribution is 2.26. The van der Waals surface area contributed by atoms with E-state index >= 15 is 0 Å². The molecule has 7 nitrogen and oxygen atoms in total. The molecule has 1 unspecified atom stereocenters. The molecule has 0 saturated carbocycles. The number of carbonyl (C=O) groups excluding carboxylic acids is 3. The molecule has 2 N–H and O–H groups in total. The van der Waals surface area contributed by atoms with E-state index in [1.54, 1.807) is 20.9 Å². The van der Waals surface area contributed by atoms with Crippen LogP contribution in [0.15, 0.2) is 30.3 Å². The lowest BCUT2D eigenvalue weighted by molar-refractivity contribution is -0.141. The number of likely N-dealkylation sites (N-methyl/N-ethyl adjacent to an activating group) is 1. The monoisotopic (exact) mass is 444 g/mol. The van der Waals surface area contributed by atoms with Crippen LogP contribution in [0.4, 0.5) is 0 Å². The van der Waals surface area contributed by atoms with Crippen molar-refractivity contribution in [3.8, 4) is 0 Å². The van der Waals surface area contributed by atoms with Gasteiger partial charge in [-0.05, 0) is 44.2 Å². The molecule has 1 fully saturated rings. The van der Waals surface area contributed by atoms with Gasteiger partial charge in [0, 0.05) is 32.6 Å². The van der Waals surface area contributed by atoms with Gasteiger partial charge in [0.05, 0.1) is 6.04 Å². The Morgan fingerprint density at radius 3 is 2.41 bits per heavy atom. The van der Waals surface area contributed by atoms with Crippen molar-refractivity contribution in [2.45, 2.75) is 72.0 Å². The van der Waals surface area contributed by atoms with Gasteiger partial charge in [-0.15, -0.1) is 0 Å². The average molecular weight is 445 g/mol. The molecule has 32 heavy (non-hydrogen) atoms. The topological polar surface area (TPSA) is 81.8 Å². The molecule has 0 spiro atoms. The van der Waals surface area contributed by atoms with E-state index in [1.807, 2.05) is 48.8 Å². The predicted octanol–water partition coefficient (Wildman–Crippen LogP) is 2.21. The van der Waals surface area contributed by atoms with Crippen molar-refractivity contribution in [2.75, 3.05) is 26.7 Å². The molecule has 178 valence electrons. The van der Waals surface area contributed by atoms with Gasteiger partial charge in [0.25, 0.3) is 0 Å². The van der Waals surface area contributed by atoms with Gasteiger partial charge in [-0.3, -0.25) is 14.4 Å². The minimum atomic E-state index is -0.624. The van der Waals surface area contributed by atoms with Crippen LogP contribution in [0.1, 0.15) is 53.0 Å². The van der Waals surface area contributed by atoms with Crippen molar-refractivity contribution >= 4 is 17.7 Å². The molecule has 0 aliphatic carbocycles. The number of hydrogen-bond donors (Lipinski definition) is 2. The summed E-state index contributed by atoms with van der Waals surface area (Å²) in [7, 11) is 1.72. The fourth-order valence-electron chi connectivity index (χ4n) is 4.07. The maximum absolute atomic E-state index is 13.6. The van der Waals surface area contributed by atoms with Crippen LogP contribution in [-0.2, 0) is 20.8 Å². The van der Waals surface area contributed by atoms with Crippen LogP contribution in [-0.4, -0.2) is 72.3 Å². The first-order valence-electron chi connectivity index (χ1n) is 11.6. The number of benzene rings is 1. The van der Waals surface area contributed by atoms with Crippen LogP contribution in [0.2, 0.25) is 0 Å². The van der Waals surface area contributed by atoms with Gasteiger partial charge < -0.3 is 20.4 Å². The van der Waals surface area contributed by atoms with E-state index < -0.39 is 11.5 Å². The standard InChI is InChI=1S/C25H40N4O3/c1-18(26-6)23(31)27-22(25(3,4)5)24(32)29-15-10-13-21(29)17-28(19(2)30)16-14-20-11-8-7-9-12-20/h7-9,11-12,18,21-22,26H,10,13-17H2,1-6H3,(H,27,31)/t18-,21?,22+/m0/s1. The summed E-state index contributed by atoms with van der Waals surface area (Å²) in [6, 6.07) is 9.07. The first-order valence-corrected chi connectivity index (χ1v) is 11.6. The normalized spacial score (nSPS) is 18.2. The Hall–Kier alpha value is -2.41. The molecule has 2 rings (SSSR count). The molecule has 1 heterocycles. The minimum absolute atomic E-state index is 0.0174. The first kappa shape index (κ1) is 25.8. The molecule has 1 aliphatic rings. The third kappa shape index (κ3) is 7.05. The summed E-state index contributed by atoms with van der Waals surface area (Å²) < 4.78 is 0. The van der Waals surface area contributed by atoms with Gasteiger partial charge >= 0.3 is 0 Å². The number of amides is 3. The molecule has 3 amide bonds. The second-order valence-corrected chi connectivity index (χ2v) is 9.85. The summed E-state index contributed by atoms with van der Waals surface area (Å²) in [5.41, 5.74) is 0.758. The summed E-state index contributed by atoms with van der Waals surface area (Å²) in [6.45, 7) is 11.0. The number of hydrogen-bond acceptors (Lipinski definition) is 4. The van der Waals surface area contributed by atoms with Crippen molar-refractivity contribution in [3.63, 3.8) is 0 Å². The first-order chi connectivity index (χ1) is 15.0. The molecule has 7 heteroatoms. The largest absolute Gasteiger partial charge is 0.342 e. The summed E-state index contributed by atoms with van der Waals surface area (Å²) in [5.74, 6) is -0.239. The van der Waals surface area contributed by atoms with E-state index in [2.05, 4.69) is 22.8 Å². The molecule has 1 aromatic rings. The zero-order valence-electron chi connectivity index (χ0n) is 20.5. The van der Waals surface area contributed by atoms with E-state index in [-0.39, 0.29) is 29.8 Å². The Morgan fingerprint density at radius 2 is 1.84 bits per heavy atom. The molecule has 1 aromatic carbocycles. The Labute approximate surface area is 192 Å². The van der Waals surface area contributed by atoms with E-state index in [0.717, 1.165) is 19.3 Å². The Kier molecular flexibility index (Phi) is 9.25. The third-order valence-corrected chi connectivity index (χ3v) is 6.28. The van der Waals surface area contributed by atoms with Crippen LogP contribution >= 0.6 is 0 Å². The van der Waals surface area contributed by atoms with Gasteiger partial charge in [-0.25, -0.2) is 0 Å². The maximum atomic E-state index is 13.6. The van der Waals surface area contributed by atoms with E-state index in [1.165, 1.54) is 5.56 Å². The van der Waals surface area contributed by atoms with Crippen molar-refractivity contribution in [1.29, 1.82) is 0 Å². The van der Waals surface area contributed by atoms with Crippen molar-refractivity contribution in [1.82, 2.24) is 20.4 Å². The highest BCUT2D eigenvalue weighted by Gasteiger charge is 2.40. The summed E-state index contributed by atoms with van der Waals surface area (Å²) in [5, 5.41) is 5.88. The van der Waals surface area contributed by atoms with E-state index in [0.29, 0.717) is 19.6 Å². The van der Waals surface area contributed by atoms with Gasteiger partial charge in [0.1, 0.15) is 6.04 Å². The van der Waals surface area contributed by atoms with Crippen LogP contribution in [0, 0.1) is 5.41 Å². The molecule has 1 aliphatic heterocycles. The molecule has 0 bridgehead atoms. The fraction of sp³-hybridized carbons (Fsp3) is 0.640. The van der Waals surface area contributed by atoms with Crippen LogP contribution in [0.25, 0.3) is 0 Å². The van der Waals surface area contributed by atoms with Gasteiger partial charge in [0.2, 0.25) is 17.7 Å². The number of nitrogens with zero attached hydrogens (tertiary/aromatic N) is 2. The number of likely N-dealkylation sites (tertiary alicyclic amines) is 1. The SMILES string of the molecule is CN[C@@H](C)C(=O)N[C@H](C(=O)N1CCCC1CN(CCc1ccccc1)C(C)=O)C(C)(C)C. The van der Waals surface area contributed by atoms with Gasteiger partial charge in [-0.2, -0.15) is 0 Å². The Morgan fingerprint density at radius 1 is 1.19 bits per heavy atom. The molecule has 0 radical (unpaired) electrons.